The van der Waals surface area contributed by atoms with Crippen molar-refractivity contribution < 1.29 is 84.6 Å². The average molecular weight is 883 g/mol. The molecule has 2 unspecified atom stereocenters. The van der Waals surface area contributed by atoms with E-state index in [0.717, 1.165) is 29.0 Å². The second kappa shape index (κ2) is 21.0. The molecule has 56 heavy (non-hydrogen) atoms. The number of hydrogen-bond donors (Lipinski definition) is 9. The Morgan fingerprint density at radius 3 is 2.46 bits per heavy atom. The van der Waals surface area contributed by atoms with Gasteiger partial charge in [0.1, 0.15) is 36.3 Å². The van der Waals surface area contributed by atoms with Crippen LogP contribution in [0.5, 0.6) is 0 Å². The van der Waals surface area contributed by atoms with Gasteiger partial charge >= 0.3 is 23.5 Å². The Bertz CT molecular complexity index is 1910. The van der Waals surface area contributed by atoms with Crippen LogP contribution in [0, 0.1) is 5.41 Å². The number of amides is 2. The molecule has 0 aliphatic carbocycles. The number of nitrogens with two attached hydrogens (primary N) is 1. The van der Waals surface area contributed by atoms with Crippen LogP contribution in [0.2, 0.25) is 0 Å². The summed E-state index contributed by atoms with van der Waals surface area (Å²) in [5, 5.41) is 26.2. The number of phosphoric ester groups is 3. The summed E-state index contributed by atoms with van der Waals surface area (Å²) in [5.74, 6) is -1.23. The number of unbranched alkanes of at least 4 members (excludes halogenated alkanes) is 2. The molecule has 0 spiro atoms. The molecular formula is C28H48N7O17P3S. The summed E-state index contributed by atoms with van der Waals surface area (Å²) >= 11 is 1.02. The summed E-state index contributed by atoms with van der Waals surface area (Å²) in [6.07, 6.45) is -4.98. The van der Waals surface area contributed by atoms with E-state index >= 15 is 0 Å². The van der Waals surface area contributed by atoms with Crippen LogP contribution in [0.3, 0.4) is 0 Å². The van der Waals surface area contributed by atoms with Gasteiger partial charge in [0.05, 0.1) is 19.5 Å². The third-order valence-electron chi connectivity index (χ3n) is 7.82. The standard InChI is InChI=1S/C28H48N7O17P3S/c1-4-5-6-7-8-19(37)56-12-11-30-18(36)9-10-31-26(40)23(39)28(2,3)14-49-55(46,47)52-54(44,45)48-13-17-22(51-53(41,42)43)21(38)27(50-17)35-16-34-20-24(29)32-15-33-25(20)35/h15-17,21-23,27,38-39H,4-14H2,1-3H3,(H,30,36)(H,31,40)(H,44,45)(H,46,47)(H2,29,32,33)(H2,41,42,43)/t17-,21-,22-,23+,27-/m1/s1/i1D3. The summed E-state index contributed by atoms with van der Waals surface area (Å²) < 4.78 is 83.6. The Hall–Kier alpha value is -2.44. The number of thioether (sulfide) groups is 1. The number of aromatic nitrogens is 4. The molecule has 2 aromatic rings. The van der Waals surface area contributed by atoms with Crippen molar-refractivity contribution in [1.82, 2.24) is 30.2 Å². The molecule has 10 N–H and O–H groups in total. The van der Waals surface area contributed by atoms with Crippen LogP contribution in [0.4, 0.5) is 5.82 Å². The van der Waals surface area contributed by atoms with Gasteiger partial charge in [0.25, 0.3) is 0 Å². The van der Waals surface area contributed by atoms with Gasteiger partial charge < -0.3 is 50.9 Å². The number of aliphatic hydroxyl groups is 2. The Kier molecular flexibility index (Phi) is 16.2. The minimum Gasteiger partial charge on any atom is -0.386 e. The number of phosphoric acid groups is 3. The molecule has 3 heterocycles. The maximum Gasteiger partial charge on any atom is 0.481 e. The molecule has 0 radical (unpaired) electrons. The summed E-state index contributed by atoms with van der Waals surface area (Å²) in [6, 6.07) is 0. The van der Waals surface area contributed by atoms with Gasteiger partial charge in [0.2, 0.25) is 11.8 Å². The van der Waals surface area contributed by atoms with Gasteiger partial charge in [-0.05, 0) is 6.42 Å². The highest BCUT2D eigenvalue weighted by Gasteiger charge is 2.50. The van der Waals surface area contributed by atoms with Crippen molar-refractivity contribution in [2.75, 3.05) is 37.8 Å². The van der Waals surface area contributed by atoms with Gasteiger partial charge in [-0.25, -0.2) is 28.6 Å². The molecular weight excluding hydrogens is 831 g/mol. The first-order chi connectivity index (χ1) is 27.2. The molecule has 1 aliphatic heterocycles. The van der Waals surface area contributed by atoms with Crippen LogP contribution in [-0.2, 0) is 50.7 Å². The minimum atomic E-state index is -5.59. The predicted octanol–water partition coefficient (Wildman–Crippen LogP) is 0.635. The first kappa shape index (κ1) is 43.1. The number of nitrogens with zero attached hydrogens (tertiary/aromatic N) is 4. The normalized spacial score (nSPS) is 22.7. The van der Waals surface area contributed by atoms with Gasteiger partial charge in [-0.2, -0.15) is 4.31 Å². The van der Waals surface area contributed by atoms with Crippen molar-refractivity contribution in [3.63, 3.8) is 0 Å². The zero-order chi connectivity index (χ0) is 44.4. The van der Waals surface area contributed by atoms with Crippen LogP contribution < -0.4 is 16.4 Å². The van der Waals surface area contributed by atoms with Crippen LogP contribution in [-0.4, -0.2) is 123 Å². The first-order valence-electron chi connectivity index (χ1n) is 18.2. The van der Waals surface area contributed by atoms with Crippen molar-refractivity contribution in [3.05, 3.63) is 12.7 Å². The Labute approximate surface area is 329 Å². The molecule has 0 saturated carbocycles. The third-order valence-corrected chi connectivity index (χ3v) is 11.9. The van der Waals surface area contributed by atoms with Crippen molar-refractivity contribution in [2.45, 2.75) is 89.9 Å². The number of rotatable bonds is 24. The molecule has 28 heteroatoms. The Morgan fingerprint density at radius 2 is 1.77 bits per heavy atom. The fourth-order valence-electron chi connectivity index (χ4n) is 4.94. The first-order valence-corrected chi connectivity index (χ1v) is 22.3. The molecule has 0 bridgehead atoms. The lowest BCUT2D eigenvalue weighted by Gasteiger charge is -2.30. The highest BCUT2D eigenvalue weighted by Crippen LogP contribution is 2.61. The number of aliphatic hydroxyl groups excluding tert-OH is 2. The second-order valence-corrected chi connectivity index (χ2v) is 18.2. The van der Waals surface area contributed by atoms with E-state index in [1.165, 1.54) is 13.8 Å². The average Bonchev–Trinajstić information content (AvgIpc) is 3.67. The number of hydrogen-bond acceptors (Lipinski definition) is 18. The molecule has 2 amide bonds. The lowest BCUT2D eigenvalue weighted by atomic mass is 9.87. The zero-order valence-corrected chi connectivity index (χ0v) is 33.6. The number of carbonyl (C=O) groups excluding carboxylic acids is 3. The Morgan fingerprint density at radius 1 is 1.05 bits per heavy atom. The summed E-state index contributed by atoms with van der Waals surface area (Å²) in [5.41, 5.74) is 4.22. The second-order valence-electron chi connectivity index (χ2n) is 12.9. The monoisotopic (exact) mass is 882 g/mol. The molecule has 7 atom stereocenters. The van der Waals surface area contributed by atoms with Crippen LogP contribution in [0.1, 0.15) is 69.6 Å². The van der Waals surface area contributed by atoms with E-state index in [9.17, 15) is 57.9 Å². The van der Waals surface area contributed by atoms with Crippen molar-refractivity contribution in [3.8, 4) is 0 Å². The number of fused-ring (bicyclic) bond motifs is 1. The predicted molar refractivity (Wildman–Crippen MR) is 196 cm³/mol. The third kappa shape index (κ3) is 15.1. The largest absolute Gasteiger partial charge is 0.481 e. The van der Waals surface area contributed by atoms with Gasteiger partial charge in [-0.15, -0.1) is 0 Å². The van der Waals surface area contributed by atoms with Gasteiger partial charge in [-0.3, -0.25) is 32.5 Å². The maximum absolute atomic E-state index is 12.7. The van der Waals surface area contributed by atoms with Gasteiger partial charge in [0.15, 0.2) is 22.8 Å². The number of nitrogens with one attached hydrogen (secondary N) is 2. The quantitative estimate of drug-likeness (QED) is 0.0516. The highest BCUT2D eigenvalue weighted by atomic mass is 32.2. The highest BCUT2D eigenvalue weighted by molar-refractivity contribution is 8.13. The lowest BCUT2D eigenvalue weighted by Crippen LogP contribution is -2.46. The maximum atomic E-state index is 12.7. The summed E-state index contributed by atoms with van der Waals surface area (Å²) in [7, 11) is -16.4. The SMILES string of the molecule is [2H]C([2H])([2H])CCCCCC(=O)SCCNC(=O)CCNC(=O)[C@H](O)C(C)(C)COP(=O)(O)OP(=O)(O)OC[C@H]1O[C@@H](n2cnc3c(N)ncnc32)[C@H](O)[C@@H]1OP(=O)(O)O. The van der Waals surface area contributed by atoms with Crippen molar-refractivity contribution in [1.29, 1.82) is 0 Å². The van der Waals surface area contributed by atoms with E-state index in [4.69, 9.17) is 23.6 Å². The van der Waals surface area contributed by atoms with E-state index in [1.54, 1.807) is 0 Å². The molecule has 3 rings (SSSR count). The number of imidazole rings is 1. The minimum absolute atomic E-state index is 0.0227. The fraction of sp³-hybridized carbons (Fsp3) is 0.714. The van der Waals surface area contributed by atoms with Gasteiger partial charge in [-0.1, -0.05) is 51.7 Å². The summed E-state index contributed by atoms with van der Waals surface area (Å²) in [6.45, 7) is -1.63. The number of nitrogen functional groups attached to an aromatic ring is 1. The molecule has 1 saturated heterocycles. The molecule has 0 aromatic carbocycles. The Balaban J connectivity index is 1.43. The van der Waals surface area contributed by atoms with Crippen molar-refractivity contribution >= 4 is 69.1 Å². The van der Waals surface area contributed by atoms with Crippen LogP contribution >= 0.6 is 35.2 Å². The number of carbonyl (C=O) groups is 3. The van der Waals surface area contributed by atoms with E-state index in [-0.39, 0.29) is 54.4 Å². The molecule has 24 nitrogen and oxygen atoms in total. The van der Waals surface area contributed by atoms with Gasteiger partial charge in [0, 0.05) is 41.2 Å². The van der Waals surface area contributed by atoms with Crippen molar-refractivity contribution in [2.24, 2.45) is 5.41 Å². The van der Waals surface area contributed by atoms with E-state index in [1.807, 2.05) is 0 Å². The number of anilines is 1. The number of ether oxygens (including phenoxy) is 1. The lowest BCUT2D eigenvalue weighted by molar-refractivity contribution is -0.137. The van der Waals surface area contributed by atoms with Crippen LogP contribution in [0.15, 0.2) is 12.7 Å². The molecule has 2 aromatic heterocycles. The fourth-order valence-corrected chi connectivity index (χ4v) is 8.49. The topological polar surface area (TPSA) is 364 Å². The van der Waals surface area contributed by atoms with E-state index in [0.29, 0.717) is 25.0 Å². The smallest absolute Gasteiger partial charge is 0.386 e. The zero-order valence-electron chi connectivity index (χ0n) is 33.1. The molecule has 318 valence electrons. The summed E-state index contributed by atoms with van der Waals surface area (Å²) in [4.78, 5) is 87.6. The van der Waals surface area contributed by atoms with E-state index < -0.39 is 91.4 Å². The molecule has 1 fully saturated rings. The van der Waals surface area contributed by atoms with E-state index in [2.05, 4.69) is 34.4 Å². The van der Waals surface area contributed by atoms with Crippen LogP contribution in [0.25, 0.3) is 11.2 Å². The molecule has 1 aliphatic rings.